The highest BCUT2D eigenvalue weighted by atomic mass is 35.5. The minimum atomic E-state index is 0.604. The highest BCUT2D eigenvalue weighted by Gasteiger charge is 2.22. The number of nitrogens with zero attached hydrogens (tertiary/aromatic N) is 2. The topological polar surface area (TPSA) is 32.8 Å². The van der Waals surface area contributed by atoms with Crippen LogP contribution in [-0.4, -0.2) is 0 Å². The minimum Gasteiger partial charge on any atom is -0.456 e. The predicted molar refractivity (Wildman–Crippen MR) is 195 cm³/mol. The Hall–Kier alpha value is -5.97. The second-order valence-electron chi connectivity index (χ2n) is 11.5. The summed E-state index contributed by atoms with van der Waals surface area (Å²) in [7, 11) is 0. The molecule has 0 aliphatic rings. The van der Waals surface area contributed by atoms with E-state index in [1.807, 2.05) is 72.8 Å². The van der Waals surface area contributed by atoms with Gasteiger partial charge in [-0.2, -0.15) is 0 Å². The van der Waals surface area contributed by atoms with Crippen LogP contribution in [0.15, 0.2) is 173 Å². The molecule has 0 saturated carbocycles. The van der Waals surface area contributed by atoms with E-state index in [1.165, 1.54) is 0 Å². The Balaban J connectivity index is 1.26. The van der Waals surface area contributed by atoms with Crippen LogP contribution in [-0.2, 0) is 0 Å². The van der Waals surface area contributed by atoms with Gasteiger partial charge in [-0.15, -0.1) is 0 Å². The zero-order valence-corrected chi connectivity index (χ0v) is 25.9. The summed E-state index contributed by atoms with van der Waals surface area (Å²) in [6, 6.07) is 55.9. The largest absolute Gasteiger partial charge is 0.456 e. The van der Waals surface area contributed by atoms with Crippen molar-refractivity contribution in [3.05, 3.63) is 169 Å². The molecule has 0 spiro atoms. The Morgan fingerprint density at radius 3 is 1.60 bits per heavy atom. The van der Waals surface area contributed by atoms with Gasteiger partial charge in [0.15, 0.2) is 5.58 Å². The first-order valence-corrected chi connectivity index (χ1v) is 15.9. The first kappa shape index (κ1) is 27.3. The van der Waals surface area contributed by atoms with Crippen molar-refractivity contribution in [1.29, 1.82) is 0 Å². The molecule has 0 atom stereocenters. The molecule has 0 fully saturated rings. The number of halogens is 1. The number of anilines is 6. The average Bonchev–Trinajstić information content (AvgIpc) is 3.68. The lowest BCUT2D eigenvalue weighted by atomic mass is 10.1. The molecule has 0 N–H and O–H groups in total. The van der Waals surface area contributed by atoms with Crippen LogP contribution in [0.1, 0.15) is 0 Å². The molecular formula is C42H27ClN2O2. The van der Waals surface area contributed by atoms with Crippen molar-refractivity contribution in [2.24, 2.45) is 0 Å². The standard InChI is InChI=1S/C42H27ClN2O2/c43-36-27-41-35(26-38(36)44(28-13-4-1-5-14-28)29-15-6-2-7-16-29)34-25-31(23-24-40(34)46-41)45(30-17-8-3-9-18-30)37-21-12-20-33-32-19-10-11-22-39(32)47-42(33)37/h1-27H. The van der Waals surface area contributed by atoms with Crippen molar-refractivity contribution >= 4 is 89.6 Å². The number of fused-ring (bicyclic) bond motifs is 6. The molecule has 7 aromatic carbocycles. The van der Waals surface area contributed by atoms with Crippen LogP contribution in [0.4, 0.5) is 34.1 Å². The van der Waals surface area contributed by atoms with Gasteiger partial charge in [0.25, 0.3) is 0 Å². The van der Waals surface area contributed by atoms with Crippen molar-refractivity contribution in [1.82, 2.24) is 0 Å². The van der Waals surface area contributed by atoms with E-state index in [2.05, 4.69) is 101 Å². The molecule has 2 aromatic heterocycles. The minimum absolute atomic E-state index is 0.604. The van der Waals surface area contributed by atoms with E-state index < -0.39 is 0 Å². The van der Waals surface area contributed by atoms with Crippen molar-refractivity contribution < 1.29 is 8.83 Å². The van der Waals surface area contributed by atoms with E-state index in [4.69, 9.17) is 20.4 Å². The predicted octanol–water partition coefficient (Wildman–Crippen LogP) is 13.1. The van der Waals surface area contributed by atoms with Crippen LogP contribution in [0, 0.1) is 0 Å². The van der Waals surface area contributed by atoms with E-state index >= 15 is 0 Å². The number of hydrogen-bond acceptors (Lipinski definition) is 4. The molecule has 2 heterocycles. The van der Waals surface area contributed by atoms with Crippen LogP contribution in [0.25, 0.3) is 43.9 Å². The SMILES string of the molecule is Clc1cc2oc3ccc(N(c4ccccc4)c4cccc5c4oc4ccccc45)cc3c2cc1N(c1ccccc1)c1ccccc1. The fraction of sp³-hybridized carbons (Fsp3) is 0. The second kappa shape index (κ2) is 11.1. The molecule has 47 heavy (non-hydrogen) atoms. The highest BCUT2D eigenvalue weighted by molar-refractivity contribution is 6.35. The molecule has 0 radical (unpaired) electrons. The summed E-state index contributed by atoms with van der Waals surface area (Å²) in [5.41, 5.74) is 9.10. The molecule has 5 heteroatoms. The first-order valence-electron chi connectivity index (χ1n) is 15.5. The maximum atomic E-state index is 7.04. The summed E-state index contributed by atoms with van der Waals surface area (Å²) in [6.45, 7) is 0. The summed E-state index contributed by atoms with van der Waals surface area (Å²) in [6.07, 6.45) is 0. The zero-order chi connectivity index (χ0) is 31.3. The fourth-order valence-corrected chi connectivity index (χ4v) is 6.82. The summed E-state index contributed by atoms with van der Waals surface area (Å²) in [4.78, 5) is 4.43. The molecule has 0 bridgehead atoms. The summed E-state index contributed by atoms with van der Waals surface area (Å²) in [5, 5.41) is 4.75. The third kappa shape index (κ3) is 4.61. The van der Waals surface area contributed by atoms with Gasteiger partial charge in [0.05, 0.1) is 16.4 Å². The van der Waals surface area contributed by atoms with Crippen molar-refractivity contribution in [2.45, 2.75) is 0 Å². The second-order valence-corrected chi connectivity index (χ2v) is 11.9. The third-order valence-corrected chi connectivity index (χ3v) is 8.99. The smallest absolute Gasteiger partial charge is 0.159 e. The lowest BCUT2D eigenvalue weighted by Gasteiger charge is -2.26. The van der Waals surface area contributed by atoms with E-state index in [0.29, 0.717) is 5.02 Å². The normalized spacial score (nSPS) is 11.5. The highest BCUT2D eigenvalue weighted by Crippen LogP contribution is 2.46. The van der Waals surface area contributed by atoms with Gasteiger partial charge in [0.1, 0.15) is 16.7 Å². The molecule has 0 saturated heterocycles. The fourth-order valence-electron chi connectivity index (χ4n) is 6.58. The lowest BCUT2D eigenvalue weighted by molar-refractivity contribution is 0.669. The number of hydrogen-bond donors (Lipinski definition) is 0. The molecule has 0 amide bonds. The molecule has 224 valence electrons. The lowest BCUT2D eigenvalue weighted by Crippen LogP contribution is -2.10. The Labute approximate surface area is 276 Å². The molecule has 9 aromatic rings. The Morgan fingerprint density at radius 1 is 0.362 bits per heavy atom. The summed E-state index contributed by atoms with van der Waals surface area (Å²) < 4.78 is 12.9. The Morgan fingerprint density at radius 2 is 0.915 bits per heavy atom. The number of benzene rings is 7. The maximum Gasteiger partial charge on any atom is 0.159 e. The third-order valence-electron chi connectivity index (χ3n) is 8.69. The summed E-state index contributed by atoms with van der Waals surface area (Å²) >= 11 is 7.04. The van der Waals surface area contributed by atoms with E-state index in [1.54, 1.807) is 0 Å². The average molecular weight is 627 g/mol. The molecule has 4 nitrogen and oxygen atoms in total. The number of rotatable bonds is 6. The Kier molecular flexibility index (Phi) is 6.47. The molecule has 9 rings (SSSR count). The van der Waals surface area contributed by atoms with Crippen LogP contribution in [0.2, 0.25) is 5.02 Å². The molecule has 0 aliphatic carbocycles. The van der Waals surface area contributed by atoms with E-state index in [0.717, 1.165) is 78.0 Å². The van der Waals surface area contributed by atoms with Gasteiger partial charge in [-0.05, 0) is 72.8 Å². The number of para-hydroxylation sites is 5. The van der Waals surface area contributed by atoms with E-state index in [-0.39, 0.29) is 0 Å². The van der Waals surface area contributed by atoms with Gasteiger partial charge in [-0.25, -0.2) is 0 Å². The van der Waals surface area contributed by atoms with Crippen molar-refractivity contribution in [3.8, 4) is 0 Å². The first-order chi connectivity index (χ1) is 23.2. The monoisotopic (exact) mass is 626 g/mol. The molecular weight excluding hydrogens is 600 g/mol. The number of furan rings is 2. The van der Waals surface area contributed by atoms with Gasteiger partial charge in [-0.3, -0.25) is 0 Å². The zero-order valence-electron chi connectivity index (χ0n) is 25.2. The van der Waals surface area contributed by atoms with E-state index in [9.17, 15) is 0 Å². The quantitative estimate of drug-likeness (QED) is 0.184. The van der Waals surface area contributed by atoms with Crippen molar-refractivity contribution in [2.75, 3.05) is 9.80 Å². The summed E-state index contributed by atoms with van der Waals surface area (Å²) in [5.74, 6) is 0. The van der Waals surface area contributed by atoms with Gasteiger partial charge < -0.3 is 18.6 Å². The maximum absolute atomic E-state index is 7.04. The van der Waals surface area contributed by atoms with Gasteiger partial charge >= 0.3 is 0 Å². The molecule has 0 unspecified atom stereocenters. The van der Waals surface area contributed by atoms with Crippen molar-refractivity contribution in [3.63, 3.8) is 0 Å². The van der Waals surface area contributed by atoms with Crippen LogP contribution in [0.3, 0.4) is 0 Å². The van der Waals surface area contributed by atoms with Gasteiger partial charge in [-0.1, -0.05) is 96.5 Å². The Bertz CT molecular complexity index is 2500. The van der Waals surface area contributed by atoms with Gasteiger partial charge in [0, 0.05) is 50.4 Å². The van der Waals surface area contributed by atoms with Crippen LogP contribution in [0.5, 0.6) is 0 Å². The van der Waals surface area contributed by atoms with Crippen LogP contribution < -0.4 is 9.80 Å². The van der Waals surface area contributed by atoms with Crippen LogP contribution >= 0.6 is 11.6 Å². The molecule has 0 aliphatic heterocycles. The van der Waals surface area contributed by atoms with Gasteiger partial charge in [0.2, 0.25) is 0 Å².